The molecule has 0 unspecified atom stereocenters. The summed E-state index contributed by atoms with van der Waals surface area (Å²) in [5, 5.41) is 0. The number of imidazole rings is 1. The lowest BCUT2D eigenvalue weighted by Gasteiger charge is -1.91. The predicted molar refractivity (Wildman–Crippen MR) is 38.4 cm³/mol. The van der Waals surface area contributed by atoms with E-state index in [-0.39, 0.29) is 0 Å². The molecule has 2 aromatic heterocycles. The zero-order valence-electron chi connectivity index (χ0n) is 5.28. The van der Waals surface area contributed by atoms with Gasteiger partial charge in [0, 0.05) is 24.3 Å². The third-order valence-corrected chi connectivity index (χ3v) is 1.34. The molecule has 2 heterocycles. The Morgan fingerprint density at radius 1 is 1.50 bits per heavy atom. The van der Waals surface area contributed by atoms with Gasteiger partial charge in [0.05, 0.1) is 6.07 Å². The Morgan fingerprint density at radius 3 is 3.30 bits per heavy atom. The Bertz CT molecular complexity index is 350. The summed E-state index contributed by atoms with van der Waals surface area (Å²) in [5.41, 5.74) is 6.86. The minimum Gasteiger partial charge on any atom is -0.398 e. The van der Waals surface area contributed by atoms with Gasteiger partial charge in [0.25, 0.3) is 0 Å². The minimum atomic E-state index is 0.624. The van der Waals surface area contributed by atoms with E-state index in [2.05, 4.69) is 11.1 Å². The van der Waals surface area contributed by atoms with Gasteiger partial charge in [-0.05, 0) is 6.07 Å². The summed E-state index contributed by atoms with van der Waals surface area (Å²) in [7, 11) is 0. The third kappa shape index (κ3) is 0.639. The Labute approximate surface area is 58.1 Å². The Morgan fingerprint density at radius 2 is 2.40 bits per heavy atom. The second kappa shape index (κ2) is 1.73. The number of nitrogens with two attached hydrogens (primary N) is 1. The molecule has 0 saturated carbocycles. The largest absolute Gasteiger partial charge is 0.398 e. The SMILES string of the molecule is Nc1[c]c2nccn2cc1. The van der Waals surface area contributed by atoms with Crippen molar-refractivity contribution in [1.82, 2.24) is 9.38 Å². The molecule has 0 amide bonds. The first-order chi connectivity index (χ1) is 4.86. The predicted octanol–water partition coefficient (Wildman–Crippen LogP) is 0.717. The van der Waals surface area contributed by atoms with Crippen LogP contribution in [-0.4, -0.2) is 9.38 Å². The van der Waals surface area contributed by atoms with Gasteiger partial charge < -0.3 is 10.1 Å². The smallest absolute Gasteiger partial charge is 0.146 e. The lowest BCUT2D eigenvalue weighted by atomic mass is 10.4. The maximum absolute atomic E-state index is 5.47. The van der Waals surface area contributed by atoms with Gasteiger partial charge in [-0.3, -0.25) is 0 Å². The number of hydrogen-bond acceptors (Lipinski definition) is 2. The highest BCUT2D eigenvalue weighted by atomic mass is 15.0. The summed E-state index contributed by atoms with van der Waals surface area (Å²) in [4.78, 5) is 4.01. The van der Waals surface area contributed by atoms with Gasteiger partial charge in [-0.25, -0.2) is 4.98 Å². The molecule has 1 radical (unpaired) electrons. The molecule has 0 aromatic carbocycles. The van der Waals surface area contributed by atoms with Crippen molar-refractivity contribution in [2.45, 2.75) is 0 Å². The van der Waals surface area contributed by atoms with E-state index < -0.39 is 0 Å². The van der Waals surface area contributed by atoms with Crippen LogP contribution < -0.4 is 5.73 Å². The van der Waals surface area contributed by atoms with E-state index in [0.29, 0.717) is 5.69 Å². The molecule has 3 heteroatoms. The summed E-state index contributed by atoms with van der Waals surface area (Å²) in [5.74, 6) is 0. The molecular weight excluding hydrogens is 126 g/mol. The van der Waals surface area contributed by atoms with Crippen molar-refractivity contribution >= 4 is 11.3 Å². The quantitative estimate of drug-likeness (QED) is 0.573. The molecule has 0 aliphatic rings. The van der Waals surface area contributed by atoms with E-state index in [9.17, 15) is 0 Å². The van der Waals surface area contributed by atoms with Gasteiger partial charge in [-0.2, -0.15) is 0 Å². The number of fused-ring (bicyclic) bond motifs is 1. The molecule has 0 saturated heterocycles. The maximum atomic E-state index is 5.47. The van der Waals surface area contributed by atoms with Crippen LogP contribution in [0.25, 0.3) is 5.65 Å². The lowest BCUT2D eigenvalue weighted by molar-refractivity contribution is 1.19. The summed E-state index contributed by atoms with van der Waals surface area (Å²) >= 11 is 0. The second-order valence-corrected chi connectivity index (χ2v) is 2.05. The first-order valence-electron chi connectivity index (χ1n) is 2.97. The van der Waals surface area contributed by atoms with E-state index in [4.69, 9.17) is 5.73 Å². The van der Waals surface area contributed by atoms with Gasteiger partial charge in [0.1, 0.15) is 5.65 Å². The highest BCUT2D eigenvalue weighted by Gasteiger charge is 1.91. The summed E-state index contributed by atoms with van der Waals surface area (Å²) in [6, 6.07) is 4.69. The van der Waals surface area contributed by atoms with E-state index in [1.807, 2.05) is 16.8 Å². The molecule has 0 fully saturated rings. The molecule has 49 valence electrons. The normalized spacial score (nSPS) is 10.4. The van der Waals surface area contributed by atoms with Gasteiger partial charge in [0.2, 0.25) is 0 Å². The number of nitrogens with zero attached hydrogens (tertiary/aromatic N) is 2. The van der Waals surface area contributed by atoms with E-state index in [1.54, 1.807) is 12.3 Å². The summed E-state index contributed by atoms with van der Waals surface area (Å²) in [6.07, 6.45) is 5.42. The number of pyridine rings is 1. The van der Waals surface area contributed by atoms with Crippen LogP contribution in [0.3, 0.4) is 0 Å². The molecule has 0 aliphatic heterocycles. The molecule has 2 aromatic rings. The standard InChI is InChI=1S/C7H6N3/c8-6-1-3-10-4-2-9-7(10)5-6/h1-4H,8H2. The van der Waals surface area contributed by atoms with E-state index >= 15 is 0 Å². The molecule has 2 rings (SSSR count). The van der Waals surface area contributed by atoms with Gasteiger partial charge in [0.15, 0.2) is 0 Å². The number of aromatic nitrogens is 2. The van der Waals surface area contributed by atoms with Crippen molar-refractivity contribution in [3.8, 4) is 0 Å². The molecule has 3 nitrogen and oxygen atoms in total. The van der Waals surface area contributed by atoms with Crippen molar-refractivity contribution in [2.24, 2.45) is 0 Å². The first kappa shape index (κ1) is 5.29. The van der Waals surface area contributed by atoms with Crippen LogP contribution in [0.1, 0.15) is 0 Å². The fourth-order valence-electron chi connectivity index (χ4n) is 0.862. The molecule has 0 spiro atoms. The van der Waals surface area contributed by atoms with Crippen molar-refractivity contribution in [3.05, 3.63) is 30.7 Å². The fourth-order valence-corrected chi connectivity index (χ4v) is 0.862. The molecule has 0 bridgehead atoms. The Kier molecular flexibility index (Phi) is 0.917. The average molecular weight is 132 g/mol. The second-order valence-electron chi connectivity index (χ2n) is 2.05. The highest BCUT2D eigenvalue weighted by Crippen LogP contribution is 2.04. The van der Waals surface area contributed by atoms with Gasteiger partial charge >= 0.3 is 0 Å². The van der Waals surface area contributed by atoms with Crippen LogP contribution in [-0.2, 0) is 0 Å². The number of hydrogen-bond donors (Lipinski definition) is 1. The fraction of sp³-hybridized carbons (Fsp3) is 0. The molecule has 2 N–H and O–H groups in total. The topological polar surface area (TPSA) is 43.3 Å². The zero-order valence-corrected chi connectivity index (χ0v) is 5.28. The van der Waals surface area contributed by atoms with Crippen LogP contribution in [0.15, 0.2) is 24.7 Å². The van der Waals surface area contributed by atoms with Crippen LogP contribution in [0.5, 0.6) is 0 Å². The Hall–Kier alpha value is -1.51. The highest BCUT2D eigenvalue weighted by molar-refractivity contribution is 5.49. The van der Waals surface area contributed by atoms with Crippen LogP contribution in [0, 0.1) is 6.07 Å². The Balaban J connectivity index is 2.86. The first-order valence-corrected chi connectivity index (χ1v) is 2.97. The molecular formula is C7H6N3. The third-order valence-electron chi connectivity index (χ3n) is 1.34. The van der Waals surface area contributed by atoms with Crippen molar-refractivity contribution < 1.29 is 0 Å². The van der Waals surface area contributed by atoms with Gasteiger partial charge in [-0.15, -0.1) is 0 Å². The van der Waals surface area contributed by atoms with Crippen molar-refractivity contribution in [1.29, 1.82) is 0 Å². The van der Waals surface area contributed by atoms with Crippen LogP contribution >= 0.6 is 0 Å². The monoisotopic (exact) mass is 132 g/mol. The summed E-state index contributed by atoms with van der Waals surface area (Å²) in [6.45, 7) is 0. The zero-order chi connectivity index (χ0) is 6.97. The average Bonchev–Trinajstić information content (AvgIpc) is 2.33. The molecule has 10 heavy (non-hydrogen) atoms. The lowest BCUT2D eigenvalue weighted by Crippen LogP contribution is -1.88. The minimum absolute atomic E-state index is 0.624. The molecule has 0 atom stereocenters. The van der Waals surface area contributed by atoms with Gasteiger partial charge in [-0.1, -0.05) is 0 Å². The maximum Gasteiger partial charge on any atom is 0.146 e. The molecule has 0 aliphatic carbocycles. The van der Waals surface area contributed by atoms with E-state index in [1.165, 1.54) is 0 Å². The van der Waals surface area contributed by atoms with Crippen molar-refractivity contribution in [2.75, 3.05) is 5.73 Å². The van der Waals surface area contributed by atoms with E-state index in [0.717, 1.165) is 5.65 Å². The number of nitrogen functional groups attached to an aromatic ring is 1. The summed E-state index contributed by atoms with van der Waals surface area (Å²) < 4.78 is 1.86. The van der Waals surface area contributed by atoms with Crippen molar-refractivity contribution in [3.63, 3.8) is 0 Å². The number of rotatable bonds is 0. The van der Waals surface area contributed by atoms with Crippen LogP contribution in [0.2, 0.25) is 0 Å². The number of anilines is 1. The van der Waals surface area contributed by atoms with Crippen LogP contribution in [0.4, 0.5) is 5.69 Å².